The summed E-state index contributed by atoms with van der Waals surface area (Å²) in [6.45, 7) is 3.47. The molecule has 3 aromatic rings. The van der Waals surface area contributed by atoms with Crippen LogP contribution in [0.15, 0.2) is 55.2 Å². The van der Waals surface area contributed by atoms with Gasteiger partial charge in [0.25, 0.3) is 0 Å². The van der Waals surface area contributed by atoms with Crippen molar-refractivity contribution >= 4 is 11.8 Å². The molecule has 1 aliphatic rings. The molecule has 0 amide bonds. The highest BCUT2D eigenvalue weighted by molar-refractivity contribution is 5.65. The molecule has 0 unspecified atom stereocenters. The molecule has 7 nitrogen and oxygen atoms in total. The van der Waals surface area contributed by atoms with E-state index in [1.165, 1.54) is 0 Å². The molecule has 1 aliphatic heterocycles. The van der Waals surface area contributed by atoms with Crippen LogP contribution in [0.4, 0.5) is 11.8 Å². The van der Waals surface area contributed by atoms with E-state index in [0.29, 0.717) is 0 Å². The first-order valence-electron chi connectivity index (χ1n) is 7.90. The smallest absolute Gasteiger partial charge is 0.225 e. The standard InChI is InChI=1S/C17H17N7/c1-4-19-17(20-5-1)24-10-8-23(9-11-24)16-12-15(13-21-22-16)14-2-6-18-7-3-14/h1-7,12-13H,8-11H2. The highest BCUT2D eigenvalue weighted by atomic mass is 15.3. The van der Waals surface area contributed by atoms with Gasteiger partial charge in [0.2, 0.25) is 5.95 Å². The number of pyridine rings is 1. The average molecular weight is 319 g/mol. The summed E-state index contributed by atoms with van der Waals surface area (Å²) in [7, 11) is 0. The van der Waals surface area contributed by atoms with E-state index in [1.54, 1.807) is 31.0 Å². The molecule has 0 spiro atoms. The Bertz CT molecular complexity index is 786. The van der Waals surface area contributed by atoms with Gasteiger partial charge in [-0.3, -0.25) is 4.98 Å². The fourth-order valence-corrected chi connectivity index (χ4v) is 2.80. The van der Waals surface area contributed by atoms with Crippen LogP contribution in [0.1, 0.15) is 0 Å². The predicted octanol–water partition coefficient (Wildman–Crippen LogP) is 1.66. The van der Waals surface area contributed by atoms with Gasteiger partial charge in [-0.05, 0) is 29.8 Å². The molecule has 0 N–H and O–H groups in total. The number of rotatable bonds is 3. The van der Waals surface area contributed by atoms with Gasteiger partial charge in [0, 0.05) is 56.5 Å². The maximum Gasteiger partial charge on any atom is 0.225 e. The van der Waals surface area contributed by atoms with Crippen LogP contribution in [0, 0.1) is 0 Å². The van der Waals surface area contributed by atoms with Gasteiger partial charge >= 0.3 is 0 Å². The van der Waals surface area contributed by atoms with Crippen molar-refractivity contribution in [2.75, 3.05) is 36.0 Å². The molecule has 0 aliphatic carbocycles. The third kappa shape index (κ3) is 3.01. The number of hydrogen-bond donors (Lipinski definition) is 0. The quantitative estimate of drug-likeness (QED) is 0.727. The summed E-state index contributed by atoms with van der Waals surface area (Å²) in [6.07, 6.45) is 8.91. The van der Waals surface area contributed by atoms with Crippen LogP contribution in [0.3, 0.4) is 0 Å². The number of hydrogen-bond acceptors (Lipinski definition) is 7. The van der Waals surface area contributed by atoms with Crippen LogP contribution in [0.2, 0.25) is 0 Å². The van der Waals surface area contributed by atoms with Crippen molar-refractivity contribution < 1.29 is 0 Å². The minimum Gasteiger partial charge on any atom is -0.352 e. The maximum absolute atomic E-state index is 4.32. The Morgan fingerprint density at radius 1 is 0.792 bits per heavy atom. The van der Waals surface area contributed by atoms with Gasteiger partial charge in [-0.15, -0.1) is 5.10 Å². The summed E-state index contributed by atoms with van der Waals surface area (Å²) >= 11 is 0. The van der Waals surface area contributed by atoms with Crippen LogP contribution in [0.25, 0.3) is 11.1 Å². The Morgan fingerprint density at radius 2 is 1.50 bits per heavy atom. The summed E-state index contributed by atoms with van der Waals surface area (Å²) < 4.78 is 0. The van der Waals surface area contributed by atoms with Crippen molar-refractivity contribution in [1.82, 2.24) is 25.1 Å². The van der Waals surface area contributed by atoms with Gasteiger partial charge in [0.05, 0.1) is 6.20 Å². The Kier molecular flexibility index (Phi) is 3.97. The third-order valence-electron chi connectivity index (χ3n) is 4.09. The van der Waals surface area contributed by atoms with Crippen LogP contribution in [0.5, 0.6) is 0 Å². The summed E-state index contributed by atoms with van der Waals surface area (Å²) in [5.41, 5.74) is 2.15. The molecule has 0 aromatic carbocycles. The summed E-state index contributed by atoms with van der Waals surface area (Å²) in [6, 6.07) is 7.87. The monoisotopic (exact) mass is 319 g/mol. The molecule has 1 saturated heterocycles. The minimum absolute atomic E-state index is 0.786. The molecule has 0 saturated carbocycles. The van der Waals surface area contributed by atoms with Gasteiger partial charge < -0.3 is 9.80 Å². The summed E-state index contributed by atoms with van der Waals surface area (Å²) in [4.78, 5) is 17.1. The van der Waals surface area contributed by atoms with E-state index in [4.69, 9.17) is 0 Å². The predicted molar refractivity (Wildman–Crippen MR) is 91.7 cm³/mol. The lowest BCUT2D eigenvalue weighted by atomic mass is 10.1. The SMILES string of the molecule is c1cnc(N2CCN(c3cc(-c4ccncc4)cnn3)CC2)nc1. The molecule has 120 valence electrons. The normalized spacial score (nSPS) is 14.7. The Balaban J connectivity index is 1.48. The van der Waals surface area contributed by atoms with Gasteiger partial charge in [0.1, 0.15) is 0 Å². The van der Waals surface area contributed by atoms with Crippen molar-refractivity contribution in [2.45, 2.75) is 0 Å². The third-order valence-corrected chi connectivity index (χ3v) is 4.09. The first kappa shape index (κ1) is 14.5. The summed E-state index contributed by atoms with van der Waals surface area (Å²) in [5.74, 6) is 1.69. The number of nitrogens with zero attached hydrogens (tertiary/aromatic N) is 7. The van der Waals surface area contributed by atoms with Crippen LogP contribution >= 0.6 is 0 Å². The van der Waals surface area contributed by atoms with Crippen LogP contribution in [-0.4, -0.2) is 51.3 Å². The molecule has 0 radical (unpaired) electrons. The molecular weight excluding hydrogens is 302 g/mol. The van der Waals surface area contributed by atoms with E-state index >= 15 is 0 Å². The Labute approximate surface area is 140 Å². The lowest BCUT2D eigenvalue weighted by molar-refractivity contribution is 0.631. The molecule has 3 aromatic heterocycles. The second kappa shape index (κ2) is 6.57. The maximum atomic E-state index is 4.32. The number of piperazine rings is 1. The van der Waals surface area contributed by atoms with E-state index < -0.39 is 0 Å². The van der Waals surface area contributed by atoms with Gasteiger partial charge in [0.15, 0.2) is 5.82 Å². The zero-order valence-electron chi connectivity index (χ0n) is 13.2. The first-order chi connectivity index (χ1) is 11.9. The zero-order chi connectivity index (χ0) is 16.2. The zero-order valence-corrected chi connectivity index (χ0v) is 13.2. The molecule has 1 fully saturated rings. The number of anilines is 2. The average Bonchev–Trinajstić information content (AvgIpc) is 2.70. The van der Waals surface area contributed by atoms with Gasteiger partial charge in [-0.25, -0.2) is 9.97 Å². The van der Waals surface area contributed by atoms with E-state index in [1.807, 2.05) is 18.2 Å². The molecule has 0 atom stereocenters. The van der Waals surface area contributed by atoms with Crippen molar-refractivity contribution in [3.05, 3.63) is 55.2 Å². The van der Waals surface area contributed by atoms with E-state index in [-0.39, 0.29) is 0 Å². The molecular formula is C17H17N7. The van der Waals surface area contributed by atoms with Gasteiger partial charge in [-0.2, -0.15) is 5.10 Å². The van der Waals surface area contributed by atoms with E-state index in [9.17, 15) is 0 Å². The van der Waals surface area contributed by atoms with Crippen molar-refractivity contribution in [3.8, 4) is 11.1 Å². The molecule has 4 heterocycles. The molecule has 4 rings (SSSR count). The van der Waals surface area contributed by atoms with Crippen molar-refractivity contribution in [2.24, 2.45) is 0 Å². The number of aromatic nitrogens is 5. The highest BCUT2D eigenvalue weighted by Gasteiger charge is 2.20. The largest absolute Gasteiger partial charge is 0.352 e. The molecule has 0 bridgehead atoms. The Morgan fingerprint density at radius 3 is 2.25 bits per heavy atom. The fourth-order valence-electron chi connectivity index (χ4n) is 2.80. The first-order valence-corrected chi connectivity index (χ1v) is 7.90. The van der Waals surface area contributed by atoms with E-state index in [2.05, 4.69) is 41.0 Å². The lowest BCUT2D eigenvalue weighted by Gasteiger charge is -2.35. The van der Waals surface area contributed by atoms with Crippen molar-refractivity contribution in [3.63, 3.8) is 0 Å². The van der Waals surface area contributed by atoms with E-state index in [0.717, 1.165) is 49.1 Å². The lowest BCUT2D eigenvalue weighted by Crippen LogP contribution is -2.47. The second-order valence-electron chi connectivity index (χ2n) is 5.56. The highest BCUT2D eigenvalue weighted by Crippen LogP contribution is 2.22. The second-order valence-corrected chi connectivity index (χ2v) is 5.56. The van der Waals surface area contributed by atoms with Crippen LogP contribution in [-0.2, 0) is 0 Å². The minimum atomic E-state index is 0.786. The fraction of sp³-hybridized carbons (Fsp3) is 0.235. The summed E-state index contributed by atoms with van der Waals surface area (Å²) in [5, 5.41) is 8.46. The molecule has 24 heavy (non-hydrogen) atoms. The Hall–Kier alpha value is -3.09. The topological polar surface area (TPSA) is 70.9 Å². The van der Waals surface area contributed by atoms with Crippen molar-refractivity contribution in [1.29, 1.82) is 0 Å². The van der Waals surface area contributed by atoms with Gasteiger partial charge in [-0.1, -0.05) is 0 Å². The van der Waals surface area contributed by atoms with Crippen LogP contribution < -0.4 is 9.80 Å². The molecule has 7 heteroatoms.